The molecular weight excluding hydrogens is 460 g/mol. The molecule has 0 atom stereocenters. The van der Waals surface area contributed by atoms with Gasteiger partial charge in [-0.2, -0.15) is 0 Å². The van der Waals surface area contributed by atoms with Gasteiger partial charge in [-0.15, -0.1) is 0 Å². The molecule has 0 heterocycles. The molecule has 10 heteroatoms. The molecule has 0 aliphatic heterocycles. The monoisotopic (exact) mass is 478 g/mol. The Morgan fingerprint density at radius 2 is 0.714 bits per heavy atom. The van der Waals surface area contributed by atoms with E-state index < -0.39 is 29.8 Å². The molecule has 0 radical (unpaired) electrons. The average molecular weight is 478 g/mol. The minimum absolute atomic E-state index is 0.124. The van der Waals surface area contributed by atoms with Gasteiger partial charge in [-0.25, -0.2) is 24.0 Å². The Hall–Kier alpha value is -5.25. The molecule has 0 unspecified atom stereocenters. The highest BCUT2D eigenvalue weighted by Gasteiger charge is 2.17. The van der Waals surface area contributed by atoms with Crippen molar-refractivity contribution >= 4 is 29.8 Å². The van der Waals surface area contributed by atoms with Crippen molar-refractivity contribution in [2.75, 3.05) is 0 Å². The number of ether oxygens (including phenoxy) is 5. The second-order valence-corrected chi connectivity index (χ2v) is 6.22. The molecule has 0 spiro atoms. The van der Waals surface area contributed by atoms with Gasteiger partial charge in [-0.3, -0.25) is 0 Å². The molecule has 35 heavy (non-hydrogen) atoms. The van der Waals surface area contributed by atoms with Gasteiger partial charge in [0.25, 0.3) is 0 Å². The average Bonchev–Trinajstić information content (AvgIpc) is 2.83. The third-order valence-electron chi connectivity index (χ3n) is 3.72. The maximum Gasteiger partial charge on any atom is 0.343 e. The van der Waals surface area contributed by atoms with Gasteiger partial charge < -0.3 is 23.7 Å². The topological polar surface area (TPSA) is 132 Å². The second-order valence-electron chi connectivity index (χ2n) is 6.22. The highest BCUT2D eigenvalue weighted by molar-refractivity contribution is 5.93. The fraction of sp³-hybridized carbons (Fsp3) is 0. The SMILES string of the molecule is C=CC(=O)Oc1cc(OC(=O)C=C)cc(OC(=O)c2cc(OC(=O)C=C)cc(OC(=O)C=C)c2)c1. The van der Waals surface area contributed by atoms with Gasteiger partial charge in [0.15, 0.2) is 0 Å². The number of benzene rings is 2. The van der Waals surface area contributed by atoms with Crippen molar-refractivity contribution in [1.82, 2.24) is 0 Å². The van der Waals surface area contributed by atoms with Crippen LogP contribution in [0.5, 0.6) is 28.7 Å². The van der Waals surface area contributed by atoms with Gasteiger partial charge in [-0.05, 0) is 12.1 Å². The van der Waals surface area contributed by atoms with E-state index >= 15 is 0 Å². The Bertz CT molecular complexity index is 1160. The normalized spacial score (nSPS) is 9.60. The van der Waals surface area contributed by atoms with Crippen molar-refractivity contribution < 1.29 is 47.7 Å². The van der Waals surface area contributed by atoms with E-state index in [1.165, 1.54) is 24.3 Å². The maximum absolute atomic E-state index is 12.8. The minimum atomic E-state index is -0.995. The van der Waals surface area contributed by atoms with Gasteiger partial charge >= 0.3 is 29.8 Å². The number of hydrogen-bond donors (Lipinski definition) is 0. The Balaban J connectivity index is 2.43. The fourth-order valence-electron chi connectivity index (χ4n) is 2.33. The number of carbonyl (C=O) groups excluding carboxylic acids is 5. The summed E-state index contributed by atoms with van der Waals surface area (Å²) < 4.78 is 25.3. The van der Waals surface area contributed by atoms with Crippen LogP contribution in [-0.2, 0) is 19.2 Å². The van der Waals surface area contributed by atoms with Crippen LogP contribution >= 0.6 is 0 Å². The van der Waals surface area contributed by atoms with Crippen molar-refractivity contribution in [3.8, 4) is 28.7 Å². The third kappa shape index (κ3) is 7.99. The van der Waals surface area contributed by atoms with E-state index in [0.29, 0.717) is 0 Å². The molecule has 0 amide bonds. The van der Waals surface area contributed by atoms with Crippen LogP contribution in [0.25, 0.3) is 0 Å². The summed E-state index contributed by atoms with van der Waals surface area (Å²) in [6, 6.07) is 7.02. The van der Waals surface area contributed by atoms with Crippen LogP contribution in [0, 0.1) is 0 Å². The summed E-state index contributed by atoms with van der Waals surface area (Å²) in [6.07, 6.45) is 3.58. The summed E-state index contributed by atoms with van der Waals surface area (Å²) in [5.41, 5.74) is -0.190. The predicted molar refractivity (Wildman–Crippen MR) is 121 cm³/mol. The zero-order valence-corrected chi connectivity index (χ0v) is 18.2. The first-order chi connectivity index (χ1) is 16.7. The molecule has 0 saturated heterocycles. The molecule has 10 nitrogen and oxygen atoms in total. The third-order valence-corrected chi connectivity index (χ3v) is 3.72. The van der Waals surface area contributed by atoms with Gasteiger partial charge in [0.2, 0.25) is 0 Å². The molecule has 0 aliphatic carbocycles. The van der Waals surface area contributed by atoms with Gasteiger partial charge in [-0.1, -0.05) is 26.3 Å². The van der Waals surface area contributed by atoms with Crippen molar-refractivity contribution in [2.24, 2.45) is 0 Å². The molecule has 178 valence electrons. The Labute approximate surface area is 199 Å². The van der Waals surface area contributed by atoms with E-state index in [1.807, 2.05) is 0 Å². The van der Waals surface area contributed by atoms with Gasteiger partial charge in [0.05, 0.1) is 5.56 Å². The maximum atomic E-state index is 12.8. The summed E-state index contributed by atoms with van der Waals surface area (Å²) in [5, 5.41) is 0. The Kier molecular flexibility index (Phi) is 9.00. The lowest BCUT2D eigenvalue weighted by atomic mass is 10.2. The molecule has 0 N–H and O–H groups in total. The number of rotatable bonds is 10. The first-order valence-corrected chi connectivity index (χ1v) is 9.56. The second kappa shape index (κ2) is 12.1. The lowest BCUT2D eigenvalue weighted by Crippen LogP contribution is -2.12. The molecule has 2 aromatic carbocycles. The first kappa shape index (κ1) is 26.0. The van der Waals surface area contributed by atoms with E-state index in [1.54, 1.807) is 0 Å². The Morgan fingerprint density at radius 1 is 0.457 bits per heavy atom. The summed E-state index contributed by atoms with van der Waals surface area (Å²) in [4.78, 5) is 59.1. The molecule has 0 aromatic heterocycles. The van der Waals surface area contributed by atoms with Crippen molar-refractivity contribution in [3.05, 3.63) is 92.6 Å². The fourth-order valence-corrected chi connectivity index (χ4v) is 2.33. The van der Waals surface area contributed by atoms with Crippen molar-refractivity contribution in [1.29, 1.82) is 0 Å². The molecule has 2 rings (SSSR count). The van der Waals surface area contributed by atoms with E-state index in [-0.39, 0.29) is 34.3 Å². The molecule has 0 fully saturated rings. The van der Waals surface area contributed by atoms with Crippen LogP contribution < -0.4 is 23.7 Å². The van der Waals surface area contributed by atoms with Crippen LogP contribution in [0.1, 0.15) is 10.4 Å². The van der Waals surface area contributed by atoms with Crippen LogP contribution in [0.15, 0.2) is 87.0 Å². The highest BCUT2D eigenvalue weighted by Crippen LogP contribution is 2.30. The molecule has 0 bridgehead atoms. The quantitative estimate of drug-likeness (QED) is 0.285. The lowest BCUT2D eigenvalue weighted by molar-refractivity contribution is -0.130. The van der Waals surface area contributed by atoms with Crippen molar-refractivity contribution in [2.45, 2.75) is 0 Å². The van der Waals surface area contributed by atoms with Crippen LogP contribution in [-0.4, -0.2) is 29.8 Å². The van der Waals surface area contributed by atoms with Gasteiger partial charge in [0, 0.05) is 48.6 Å². The van der Waals surface area contributed by atoms with Crippen LogP contribution in [0.2, 0.25) is 0 Å². The molecule has 2 aromatic rings. The van der Waals surface area contributed by atoms with Crippen LogP contribution in [0.3, 0.4) is 0 Å². The molecular formula is C25H18O10. The zero-order valence-electron chi connectivity index (χ0n) is 18.2. The molecule has 0 saturated carbocycles. The number of esters is 5. The zero-order chi connectivity index (χ0) is 26.0. The lowest BCUT2D eigenvalue weighted by Gasteiger charge is -2.11. The van der Waals surface area contributed by atoms with Crippen molar-refractivity contribution in [3.63, 3.8) is 0 Å². The Morgan fingerprint density at radius 3 is 1.00 bits per heavy atom. The van der Waals surface area contributed by atoms with E-state index in [2.05, 4.69) is 26.3 Å². The molecule has 0 aliphatic rings. The predicted octanol–water partition coefficient (Wildman–Crippen LogP) is 3.27. The summed E-state index contributed by atoms with van der Waals surface area (Å²) in [7, 11) is 0. The number of hydrogen-bond acceptors (Lipinski definition) is 10. The van der Waals surface area contributed by atoms with Gasteiger partial charge in [0.1, 0.15) is 28.7 Å². The van der Waals surface area contributed by atoms with E-state index in [4.69, 9.17) is 23.7 Å². The largest absolute Gasteiger partial charge is 0.423 e. The number of carbonyl (C=O) groups is 5. The standard InChI is InChI=1S/C25H18O10/c1-5-21(26)31-16-9-15(10-17(11-16)32-22(27)6-2)25(30)35-20-13-18(33-23(28)7-3)12-19(14-20)34-24(29)8-4/h5-14H,1-4H2. The summed E-state index contributed by atoms with van der Waals surface area (Å²) in [5.74, 6) is -5.03. The van der Waals surface area contributed by atoms with E-state index in [0.717, 1.165) is 36.4 Å². The highest BCUT2D eigenvalue weighted by atomic mass is 16.6. The van der Waals surface area contributed by atoms with Crippen LogP contribution in [0.4, 0.5) is 0 Å². The smallest absolute Gasteiger partial charge is 0.343 e. The first-order valence-electron chi connectivity index (χ1n) is 9.56. The minimum Gasteiger partial charge on any atom is -0.423 e. The summed E-state index contributed by atoms with van der Waals surface area (Å²) in [6.45, 7) is 13.1. The van der Waals surface area contributed by atoms with E-state index in [9.17, 15) is 24.0 Å². The summed E-state index contributed by atoms with van der Waals surface area (Å²) >= 11 is 0.